The van der Waals surface area contributed by atoms with Crippen molar-refractivity contribution >= 4 is 21.7 Å². The molecule has 1 aromatic heterocycles. The normalized spacial score (nSPS) is 27.4. The van der Waals surface area contributed by atoms with Crippen molar-refractivity contribution in [1.82, 2.24) is 15.2 Å². The molecule has 2 heterocycles. The first-order valence-corrected chi connectivity index (χ1v) is 15.5. The Morgan fingerprint density at radius 2 is 1.72 bits per heavy atom. The van der Waals surface area contributed by atoms with Crippen LogP contribution < -0.4 is 16.2 Å². The van der Waals surface area contributed by atoms with Crippen LogP contribution in [0.1, 0.15) is 71.4 Å². The van der Waals surface area contributed by atoms with Gasteiger partial charge in [0.1, 0.15) is 5.56 Å². The van der Waals surface area contributed by atoms with E-state index in [0.29, 0.717) is 49.4 Å². The number of fused-ring (bicyclic) bond motifs is 1. The highest BCUT2D eigenvalue weighted by Gasteiger charge is 2.51. The number of rotatable bonds is 7. The number of carbonyl (C=O) groups excluding carboxylic acids is 2. The van der Waals surface area contributed by atoms with Crippen LogP contribution in [-0.2, 0) is 22.8 Å². The zero-order valence-electron chi connectivity index (χ0n) is 22.0. The third-order valence-corrected chi connectivity index (χ3v) is 10.6. The summed E-state index contributed by atoms with van der Waals surface area (Å²) in [4.78, 5) is 40.7. The smallest absolute Gasteiger partial charge is 0.270 e. The molecule has 5 aliphatic rings. The molecule has 0 atom stereocenters. The number of amides is 1. The lowest BCUT2D eigenvalue weighted by Gasteiger charge is -2.56. The second-order valence-corrected chi connectivity index (χ2v) is 13.9. The van der Waals surface area contributed by atoms with Crippen LogP contribution in [0.15, 0.2) is 57.6 Å². The molecule has 4 saturated carbocycles. The van der Waals surface area contributed by atoms with Crippen molar-refractivity contribution in [2.45, 2.75) is 62.8 Å². The lowest BCUT2D eigenvalue weighted by molar-refractivity contribution is -0.0535. The molecule has 4 bridgehead atoms. The van der Waals surface area contributed by atoms with Crippen LogP contribution in [0.2, 0.25) is 0 Å². The summed E-state index contributed by atoms with van der Waals surface area (Å²) in [6.45, 7) is 1.08. The van der Waals surface area contributed by atoms with E-state index in [1.54, 1.807) is 24.3 Å². The van der Waals surface area contributed by atoms with Crippen molar-refractivity contribution < 1.29 is 18.0 Å². The number of nitrogens with zero attached hydrogens (tertiary/aromatic N) is 1. The Morgan fingerprint density at radius 3 is 2.38 bits per heavy atom. The fraction of sp³-hybridized carbons (Fsp3) is 0.500. The molecule has 7 rings (SSSR count). The Kier molecular flexibility index (Phi) is 6.83. The fourth-order valence-corrected chi connectivity index (χ4v) is 9.05. The molecule has 2 aromatic rings. The van der Waals surface area contributed by atoms with Gasteiger partial charge in [0.2, 0.25) is 5.91 Å². The van der Waals surface area contributed by atoms with Gasteiger partial charge in [-0.05, 0) is 85.5 Å². The summed E-state index contributed by atoms with van der Waals surface area (Å²) in [5.41, 5.74) is 0.809. The van der Waals surface area contributed by atoms with Gasteiger partial charge in [-0.2, -0.15) is 0 Å². The van der Waals surface area contributed by atoms with Gasteiger partial charge in [0.25, 0.3) is 11.5 Å². The molecule has 1 amide bonds. The van der Waals surface area contributed by atoms with E-state index in [-0.39, 0.29) is 28.3 Å². The molecule has 4 aliphatic carbocycles. The summed E-state index contributed by atoms with van der Waals surface area (Å²) in [6.07, 6.45) is 9.32. The molecule has 0 spiro atoms. The van der Waals surface area contributed by atoms with Crippen molar-refractivity contribution in [2.24, 2.45) is 23.2 Å². The number of nitrogens with one attached hydrogen (secondary N) is 2. The van der Waals surface area contributed by atoms with Crippen molar-refractivity contribution in [3.63, 3.8) is 0 Å². The molecule has 4 fully saturated rings. The Bertz CT molecular complexity index is 1460. The van der Waals surface area contributed by atoms with Crippen LogP contribution in [0, 0.1) is 23.2 Å². The summed E-state index contributed by atoms with van der Waals surface area (Å²) in [7, 11) is -3.63. The predicted molar refractivity (Wildman–Crippen MR) is 147 cm³/mol. The largest absolute Gasteiger partial charge is 0.348 e. The number of pyridine rings is 1. The van der Waals surface area contributed by atoms with Crippen LogP contribution in [0.4, 0.5) is 0 Å². The molecule has 0 saturated heterocycles. The van der Waals surface area contributed by atoms with Crippen molar-refractivity contribution in [3.05, 3.63) is 75.1 Å². The standard InChI is InChI=1S/C30H35N3O5S/c34-27(18-30-15-20-11-21(16-30)13-22(12-20)17-30)33-26-7-9-31-19-23(26)14-25(29(33)36)28(35)32-8-4-10-39(37,38)24-5-2-1-3-6-24/h1-6,10,14,20-22,31H,7-9,11-13,15-19H2,(H,32,35)/b10-4+. The predicted octanol–water partition coefficient (Wildman–Crippen LogP) is 3.46. The topological polar surface area (TPSA) is 114 Å². The van der Waals surface area contributed by atoms with Gasteiger partial charge in [0.15, 0.2) is 9.84 Å². The number of benzene rings is 1. The molecule has 206 valence electrons. The minimum atomic E-state index is -3.63. The van der Waals surface area contributed by atoms with E-state index in [0.717, 1.165) is 30.2 Å². The minimum absolute atomic E-state index is 0.0155. The van der Waals surface area contributed by atoms with E-state index >= 15 is 0 Å². The van der Waals surface area contributed by atoms with Gasteiger partial charge in [-0.25, -0.2) is 13.0 Å². The highest BCUT2D eigenvalue weighted by Crippen LogP contribution is 2.61. The molecule has 0 unspecified atom stereocenters. The fourth-order valence-electron chi connectivity index (χ4n) is 8.00. The van der Waals surface area contributed by atoms with E-state index < -0.39 is 21.3 Å². The van der Waals surface area contributed by atoms with E-state index in [1.807, 2.05) is 0 Å². The zero-order chi connectivity index (χ0) is 27.2. The van der Waals surface area contributed by atoms with E-state index in [2.05, 4.69) is 10.6 Å². The first-order chi connectivity index (χ1) is 18.7. The SMILES string of the molecule is O=C(NC/C=C/S(=O)(=O)c1ccccc1)c1cc2c(n(C(=O)CC34CC5CC(CC(C5)C3)C4)c1=O)CCNC2. The van der Waals surface area contributed by atoms with Crippen LogP contribution >= 0.6 is 0 Å². The maximum atomic E-state index is 13.8. The van der Waals surface area contributed by atoms with Crippen molar-refractivity contribution in [2.75, 3.05) is 13.1 Å². The summed E-state index contributed by atoms with van der Waals surface area (Å²) in [5.74, 6) is 1.30. The van der Waals surface area contributed by atoms with Gasteiger partial charge in [-0.3, -0.25) is 14.4 Å². The molecular formula is C30H35N3O5S. The molecule has 9 heteroatoms. The maximum absolute atomic E-state index is 13.8. The van der Waals surface area contributed by atoms with Gasteiger partial charge in [0.05, 0.1) is 4.90 Å². The number of sulfone groups is 1. The Hall–Kier alpha value is -3.04. The first kappa shape index (κ1) is 26.2. The van der Waals surface area contributed by atoms with E-state index in [1.165, 1.54) is 42.0 Å². The molecular weight excluding hydrogens is 514 g/mol. The number of hydrogen-bond acceptors (Lipinski definition) is 6. The van der Waals surface area contributed by atoms with Crippen LogP contribution in [0.25, 0.3) is 0 Å². The van der Waals surface area contributed by atoms with Gasteiger partial charge in [-0.1, -0.05) is 24.3 Å². The van der Waals surface area contributed by atoms with Crippen molar-refractivity contribution in [1.29, 1.82) is 0 Å². The Balaban J connectivity index is 1.22. The Morgan fingerprint density at radius 1 is 1.05 bits per heavy atom. The summed E-state index contributed by atoms with van der Waals surface area (Å²) in [6, 6.07) is 9.60. The average molecular weight is 550 g/mol. The van der Waals surface area contributed by atoms with Gasteiger partial charge in [0, 0.05) is 43.6 Å². The van der Waals surface area contributed by atoms with Crippen molar-refractivity contribution in [3.8, 4) is 0 Å². The monoisotopic (exact) mass is 549 g/mol. The molecule has 0 radical (unpaired) electrons. The number of aromatic nitrogens is 1. The van der Waals surface area contributed by atoms with E-state index in [9.17, 15) is 22.8 Å². The summed E-state index contributed by atoms with van der Waals surface area (Å²) < 4.78 is 26.2. The lowest BCUT2D eigenvalue weighted by Crippen LogP contribution is -2.48. The van der Waals surface area contributed by atoms with Crippen LogP contribution in [0.3, 0.4) is 0 Å². The zero-order valence-corrected chi connectivity index (χ0v) is 22.8. The summed E-state index contributed by atoms with van der Waals surface area (Å²) in [5, 5.41) is 6.94. The highest BCUT2D eigenvalue weighted by atomic mass is 32.2. The first-order valence-electron chi connectivity index (χ1n) is 14.0. The second kappa shape index (κ2) is 10.2. The minimum Gasteiger partial charge on any atom is -0.348 e. The molecule has 8 nitrogen and oxygen atoms in total. The summed E-state index contributed by atoms with van der Waals surface area (Å²) >= 11 is 0. The highest BCUT2D eigenvalue weighted by molar-refractivity contribution is 7.94. The quantitative estimate of drug-likeness (QED) is 0.547. The van der Waals surface area contributed by atoms with Gasteiger partial charge < -0.3 is 10.6 Å². The number of hydrogen-bond donors (Lipinski definition) is 2. The third-order valence-electron chi connectivity index (χ3n) is 9.16. The molecule has 1 aromatic carbocycles. The molecule has 2 N–H and O–H groups in total. The van der Waals surface area contributed by atoms with Gasteiger partial charge >= 0.3 is 0 Å². The number of carbonyl (C=O) groups is 2. The second-order valence-electron chi connectivity index (χ2n) is 12.0. The molecule has 1 aliphatic heterocycles. The van der Waals surface area contributed by atoms with Crippen LogP contribution in [0.5, 0.6) is 0 Å². The maximum Gasteiger partial charge on any atom is 0.270 e. The lowest BCUT2D eigenvalue weighted by atomic mass is 9.49. The third kappa shape index (κ3) is 5.14. The molecule has 39 heavy (non-hydrogen) atoms. The Labute approximate surface area is 228 Å². The van der Waals surface area contributed by atoms with Gasteiger partial charge in [-0.15, -0.1) is 0 Å². The average Bonchev–Trinajstić information content (AvgIpc) is 2.90. The van der Waals surface area contributed by atoms with E-state index in [4.69, 9.17) is 0 Å². The van der Waals surface area contributed by atoms with Crippen LogP contribution in [-0.4, -0.2) is 37.9 Å².